The summed E-state index contributed by atoms with van der Waals surface area (Å²) in [5, 5.41) is 4.30. The van der Waals surface area contributed by atoms with Gasteiger partial charge >= 0.3 is 0 Å². The fraction of sp³-hybridized carbons (Fsp3) is 0.294. The van der Waals surface area contributed by atoms with Crippen molar-refractivity contribution in [1.29, 1.82) is 0 Å². The van der Waals surface area contributed by atoms with Gasteiger partial charge in [-0.3, -0.25) is 0 Å². The van der Waals surface area contributed by atoms with Gasteiger partial charge in [0.1, 0.15) is 0 Å². The first-order valence-electron chi connectivity index (χ1n) is 6.88. The summed E-state index contributed by atoms with van der Waals surface area (Å²) in [5.74, 6) is 0. The largest absolute Gasteiger partial charge is 0.378 e. The highest BCUT2D eigenvalue weighted by atomic mass is 35.5. The maximum absolute atomic E-state index is 5.97. The van der Waals surface area contributed by atoms with E-state index in [0.29, 0.717) is 0 Å². The molecule has 1 atom stereocenters. The van der Waals surface area contributed by atoms with Crippen molar-refractivity contribution >= 4 is 17.3 Å². The second-order valence-corrected chi connectivity index (χ2v) is 5.46. The van der Waals surface area contributed by atoms with Crippen LogP contribution in [0.3, 0.4) is 0 Å². The minimum absolute atomic E-state index is 0.202. The van der Waals surface area contributed by atoms with Crippen LogP contribution in [-0.4, -0.2) is 20.6 Å². The van der Waals surface area contributed by atoms with Crippen molar-refractivity contribution in [3.05, 3.63) is 64.7 Å². The maximum Gasteiger partial charge on any atom is 0.0576 e. The lowest BCUT2D eigenvalue weighted by Crippen LogP contribution is -2.22. The van der Waals surface area contributed by atoms with Gasteiger partial charge < -0.3 is 10.2 Å². The van der Waals surface area contributed by atoms with E-state index in [1.54, 1.807) is 0 Å². The Kier molecular flexibility index (Phi) is 5.05. The quantitative estimate of drug-likeness (QED) is 0.891. The number of halogens is 1. The Morgan fingerprint density at radius 1 is 0.950 bits per heavy atom. The summed E-state index contributed by atoms with van der Waals surface area (Å²) in [6.45, 7) is 3.04. The average Bonchev–Trinajstić information content (AvgIpc) is 2.46. The molecule has 2 rings (SSSR count). The molecule has 2 aromatic rings. The molecule has 0 saturated heterocycles. The first-order valence-corrected chi connectivity index (χ1v) is 7.25. The highest BCUT2D eigenvalue weighted by Crippen LogP contribution is 2.25. The van der Waals surface area contributed by atoms with Crippen LogP contribution in [0.25, 0.3) is 0 Å². The summed E-state index contributed by atoms with van der Waals surface area (Å²) in [6.07, 6.45) is 0. The highest BCUT2D eigenvalue weighted by Gasteiger charge is 2.12. The molecule has 0 radical (unpaired) electrons. The van der Waals surface area contributed by atoms with Gasteiger partial charge in [-0.05, 0) is 41.9 Å². The third kappa shape index (κ3) is 3.53. The third-order valence-electron chi connectivity index (χ3n) is 3.35. The van der Waals surface area contributed by atoms with Crippen molar-refractivity contribution in [3.8, 4) is 0 Å². The molecule has 0 aliphatic heterocycles. The number of hydrogen-bond donors (Lipinski definition) is 1. The average molecular weight is 289 g/mol. The van der Waals surface area contributed by atoms with Gasteiger partial charge in [0.05, 0.1) is 6.04 Å². The Hall–Kier alpha value is -1.51. The van der Waals surface area contributed by atoms with Crippen LogP contribution in [-0.2, 0) is 0 Å². The van der Waals surface area contributed by atoms with Crippen molar-refractivity contribution < 1.29 is 0 Å². The van der Waals surface area contributed by atoms with Gasteiger partial charge in [0.25, 0.3) is 0 Å². The molecular weight excluding hydrogens is 268 g/mol. The zero-order valence-corrected chi connectivity index (χ0v) is 13.0. The molecule has 106 valence electrons. The Morgan fingerprint density at radius 3 is 1.90 bits per heavy atom. The van der Waals surface area contributed by atoms with Crippen molar-refractivity contribution in [2.45, 2.75) is 13.0 Å². The van der Waals surface area contributed by atoms with Crippen molar-refractivity contribution in [2.75, 3.05) is 25.5 Å². The fourth-order valence-corrected chi connectivity index (χ4v) is 2.38. The monoisotopic (exact) mass is 288 g/mol. The van der Waals surface area contributed by atoms with Gasteiger partial charge in [-0.2, -0.15) is 0 Å². The molecule has 1 unspecified atom stereocenters. The third-order valence-corrected chi connectivity index (χ3v) is 3.61. The molecule has 0 bridgehead atoms. The van der Waals surface area contributed by atoms with Crippen molar-refractivity contribution in [2.24, 2.45) is 0 Å². The lowest BCUT2D eigenvalue weighted by molar-refractivity contribution is 0.631. The summed E-state index contributed by atoms with van der Waals surface area (Å²) < 4.78 is 0. The molecule has 3 heteroatoms. The topological polar surface area (TPSA) is 15.3 Å². The fourth-order valence-electron chi connectivity index (χ4n) is 2.25. The summed E-state index contributed by atoms with van der Waals surface area (Å²) >= 11 is 5.97. The van der Waals surface area contributed by atoms with Crippen LogP contribution in [0.15, 0.2) is 48.5 Å². The second kappa shape index (κ2) is 6.78. The van der Waals surface area contributed by atoms with E-state index >= 15 is 0 Å². The molecule has 0 spiro atoms. The number of nitrogens with one attached hydrogen (secondary N) is 1. The van der Waals surface area contributed by atoms with E-state index < -0.39 is 0 Å². The van der Waals surface area contributed by atoms with Gasteiger partial charge in [0.15, 0.2) is 0 Å². The summed E-state index contributed by atoms with van der Waals surface area (Å²) in [7, 11) is 4.10. The van der Waals surface area contributed by atoms with Crippen molar-refractivity contribution in [1.82, 2.24) is 5.32 Å². The zero-order valence-electron chi connectivity index (χ0n) is 12.2. The van der Waals surface area contributed by atoms with Gasteiger partial charge in [-0.25, -0.2) is 0 Å². The molecule has 1 N–H and O–H groups in total. The summed E-state index contributed by atoms with van der Waals surface area (Å²) in [5.41, 5.74) is 3.70. The standard InChI is InChI=1S/C17H21ClN2/c1-4-19-17(13-5-9-15(18)10-6-13)14-7-11-16(12-8-14)20(2)3/h5-12,17,19H,4H2,1-3H3. The first kappa shape index (κ1) is 14.9. The van der Waals surface area contributed by atoms with E-state index in [-0.39, 0.29) is 6.04 Å². The Balaban J connectivity index is 2.30. The van der Waals surface area contributed by atoms with Crippen LogP contribution in [0.2, 0.25) is 5.02 Å². The minimum Gasteiger partial charge on any atom is -0.378 e. The lowest BCUT2D eigenvalue weighted by atomic mass is 9.98. The molecule has 0 fully saturated rings. The molecule has 0 aliphatic rings. The van der Waals surface area contributed by atoms with Crippen molar-refractivity contribution in [3.63, 3.8) is 0 Å². The molecule has 0 saturated carbocycles. The van der Waals surface area contributed by atoms with Crippen LogP contribution in [0.5, 0.6) is 0 Å². The highest BCUT2D eigenvalue weighted by molar-refractivity contribution is 6.30. The minimum atomic E-state index is 0.202. The van der Waals surface area contributed by atoms with Gasteiger partial charge in [-0.1, -0.05) is 42.8 Å². The summed E-state index contributed by atoms with van der Waals surface area (Å²) in [6, 6.07) is 16.9. The van der Waals surface area contributed by atoms with E-state index in [4.69, 9.17) is 11.6 Å². The summed E-state index contributed by atoms with van der Waals surface area (Å²) in [4.78, 5) is 2.11. The van der Waals surface area contributed by atoms with E-state index in [1.807, 2.05) is 12.1 Å². The Morgan fingerprint density at radius 2 is 1.45 bits per heavy atom. The van der Waals surface area contributed by atoms with Gasteiger partial charge in [0, 0.05) is 24.8 Å². The van der Waals surface area contributed by atoms with Crippen LogP contribution in [0.1, 0.15) is 24.1 Å². The zero-order chi connectivity index (χ0) is 14.5. The molecule has 2 nitrogen and oxygen atoms in total. The number of hydrogen-bond acceptors (Lipinski definition) is 2. The van der Waals surface area contributed by atoms with E-state index in [1.165, 1.54) is 16.8 Å². The molecule has 0 aromatic heterocycles. The molecule has 0 aliphatic carbocycles. The SMILES string of the molecule is CCNC(c1ccc(Cl)cc1)c1ccc(N(C)C)cc1. The Bertz CT molecular complexity index is 532. The molecule has 20 heavy (non-hydrogen) atoms. The lowest BCUT2D eigenvalue weighted by Gasteiger charge is -2.20. The van der Waals surface area contributed by atoms with E-state index in [2.05, 4.69) is 67.6 Å². The number of anilines is 1. The molecule has 0 amide bonds. The normalized spacial score (nSPS) is 12.2. The number of nitrogens with zero attached hydrogens (tertiary/aromatic N) is 1. The van der Waals surface area contributed by atoms with Gasteiger partial charge in [0.2, 0.25) is 0 Å². The van der Waals surface area contributed by atoms with Crippen LogP contribution in [0, 0.1) is 0 Å². The molecular formula is C17H21ClN2. The van der Waals surface area contributed by atoms with E-state index in [0.717, 1.165) is 11.6 Å². The Labute approximate surface area is 126 Å². The maximum atomic E-state index is 5.97. The van der Waals surface area contributed by atoms with Crippen LogP contribution >= 0.6 is 11.6 Å². The smallest absolute Gasteiger partial charge is 0.0576 e. The van der Waals surface area contributed by atoms with Crippen LogP contribution in [0.4, 0.5) is 5.69 Å². The second-order valence-electron chi connectivity index (χ2n) is 5.03. The van der Waals surface area contributed by atoms with E-state index in [9.17, 15) is 0 Å². The number of benzene rings is 2. The molecule has 2 aromatic carbocycles. The predicted molar refractivity (Wildman–Crippen MR) is 87.7 cm³/mol. The van der Waals surface area contributed by atoms with Gasteiger partial charge in [-0.15, -0.1) is 0 Å². The van der Waals surface area contributed by atoms with Crippen LogP contribution < -0.4 is 10.2 Å². The first-order chi connectivity index (χ1) is 9.61. The predicted octanol–water partition coefficient (Wildman–Crippen LogP) is 4.10. The molecule has 0 heterocycles. The number of rotatable bonds is 5.